The molecule has 0 N–H and O–H groups in total. The van der Waals surface area contributed by atoms with Crippen molar-refractivity contribution in [3.05, 3.63) is 57.0 Å². The monoisotopic (exact) mass is 390 g/mol. The van der Waals surface area contributed by atoms with Gasteiger partial charge in [-0.15, -0.1) is 21.5 Å². The van der Waals surface area contributed by atoms with Crippen LogP contribution in [0.2, 0.25) is 5.02 Å². The molecule has 0 atom stereocenters. The van der Waals surface area contributed by atoms with Crippen LogP contribution in [0.3, 0.4) is 0 Å². The van der Waals surface area contributed by atoms with Crippen molar-refractivity contribution in [1.29, 1.82) is 0 Å². The summed E-state index contributed by atoms with van der Waals surface area (Å²) in [4.78, 5) is 16.8. The van der Waals surface area contributed by atoms with Crippen LogP contribution in [0, 0.1) is 0 Å². The van der Waals surface area contributed by atoms with E-state index in [4.69, 9.17) is 16.0 Å². The highest BCUT2D eigenvalue weighted by Gasteiger charge is 2.13. The maximum atomic E-state index is 12.3. The lowest BCUT2D eigenvalue weighted by atomic mass is 10.2. The van der Waals surface area contributed by atoms with Gasteiger partial charge in [0.1, 0.15) is 4.70 Å². The van der Waals surface area contributed by atoms with Gasteiger partial charge in [-0.25, -0.2) is 4.98 Å². The summed E-state index contributed by atoms with van der Waals surface area (Å²) in [6.45, 7) is 0. The minimum atomic E-state index is -0.0464. The number of rotatable bonds is 4. The molecule has 0 saturated heterocycles. The zero-order valence-electron chi connectivity index (χ0n) is 13.0. The predicted octanol–water partition coefficient (Wildman–Crippen LogP) is 3.99. The Bertz CT molecular complexity index is 1100. The third-order valence-corrected chi connectivity index (χ3v) is 5.69. The zero-order valence-corrected chi connectivity index (χ0v) is 15.4. The number of hydrogen-bond acceptors (Lipinski definition) is 7. The van der Waals surface area contributed by atoms with Gasteiger partial charge in [-0.1, -0.05) is 23.4 Å². The van der Waals surface area contributed by atoms with Gasteiger partial charge in [0.25, 0.3) is 5.56 Å². The normalized spacial score (nSPS) is 11.3. The number of nitrogens with zero attached hydrogens (tertiary/aromatic N) is 4. The second-order valence-corrected chi connectivity index (χ2v) is 7.49. The highest BCUT2D eigenvalue weighted by atomic mass is 35.5. The molecular weight excluding hydrogens is 380 g/mol. The van der Waals surface area contributed by atoms with E-state index in [-0.39, 0.29) is 5.56 Å². The van der Waals surface area contributed by atoms with E-state index in [0.717, 1.165) is 5.56 Å². The third kappa shape index (κ3) is 3.20. The lowest BCUT2D eigenvalue weighted by molar-refractivity contribution is 0.528. The molecule has 0 aliphatic rings. The summed E-state index contributed by atoms with van der Waals surface area (Å²) in [5.74, 6) is 1.33. The Labute approximate surface area is 155 Å². The number of thioether (sulfide) groups is 1. The van der Waals surface area contributed by atoms with E-state index >= 15 is 0 Å². The second-order valence-electron chi connectivity index (χ2n) is 5.19. The third-order valence-electron chi connectivity index (χ3n) is 3.53. The maximum Gasteiger partial charge on any atom is 0.271 e. The first kappa shape index (κ1) is 16.3. The van der Waals surface area contributed by atoms with Crippen LogP contribution in [0.5, 0.6) is 0 Å². The van der Waals surface area contributed by atoms with E-state index in [1.807, 2.05) is 23.6 Å². The predicted molar refractivity (Wildman–Crippen MR) is 99.2 cm³/mol. The molecule has 3 heterocycles. The van der Waals surface area contributed by atoms with Crippen molar-refractivity contribution in [2.45, 2.75) is 10.9 Å². The van der Waals surface area contributed by atoms with Gasteiger partial charge in [0.15, 0.2) is 5.16 Å². The van der Waals surface area contributed by atoms with Gasteiger partial charge in [-0.2, -0.15) is 0 Å². The summed E-state index contributed by atoms with van der Waals surface area (Å²) >= 11 is 8.66. The van der Waals surface area contributed by atoms with Crippen molar-refractivity contribution in [2.75, 3.05) is 0 Å². The van der Waals surface area contributed by atoms with E-state index in [1.165, 1.54) is 23.1 Å². The first-order valence-corrected chi connectivity index (χ1v) is 9.51. The van der Waals surface area contributed by atoms with Crippen molar-refractivity contribution in [3.8, 4) is 11.5 Å². The average Bonchev–Trinajstić information content (AvgIpc) is 3.27. The summed E-state index contributed by atoms with van der Waals surface area (Å²) in [6.07, 6.45) is 0. The van der Waals surface area contributed by atoms with Crippen LogP contribution in [0.1, 0.15) is 5.89 Å². The van der Waals surface area contributed by atoms with Crippen molar-refractivity contribution >= 4 is 44.9 Å². The molecule has 0 aliphatic heterocycles. The Balaban J connectivity index is 1.55. The molecule has 0 radical (unpaired) electrons. The quantitative estimate of drug-likeness (QED) is 0.387. The number of fused-ring (bicyclic) bond motifs is 1. The first-order chi connectivity index (χ1) is 12.1. The van der Waals surface area contributed by atoms with Crippen LogP contribution in [0.4, 0.5) is 0 Å². The largest absolute Gasteiger partial charge is 0.420 e. The molecule has 0 unspecified atom stereocenters. The van der Waals surface area contributed by atoms with Crippen molar-refractivity contribution in [2.24, 2.45) is 7.05 Å². The van der Waals surface area contributed by atoms with Gasteiger partial charge in [-0.3, -0.25) is 9.36 Å². The zero-order chi connectivity index (χ0) is 17.4. The summed E-state index contributed by atoms with van der Waals surface area (Å²) < 4.78 is 7.88. The molecule has 9 heteroatoms. The SMILES string of the molecule is Cn1c(SCc2nnc(-c3ccc(Cl)cc3)o2)nc2ccsc2c1=O. The maximum absolute atomic E-state index is 12.3. The fourth-order valence-corrected chi connectivity index (χ4v) is 3.98. The molecule has 4 rings (SSSR count). The highest BCUT2D eigenvalue weighted by Crippen LogP contribution is 2.25. The Morgan fingerprint density at radius 3 is 2.84 bits per heavy atom. The van der Waals surface area contributed by atoms with Crippen LogP contribution >= 0.6 is 34.7 Å². The fraction of sp³-hybridized carbons (Fsp3) is 0.125. The molecule has 25 heavy (non-hydrogen) atoms. The highest BCUT2D eigenvalue weighted by molar-refractivity contribution is 7.98. The molecule has 3 aromatic heterocycles. The van der Waals surface area contributed by atoms with Gasteiger partial charge in [0, 0.05) is 17.6 Å². The standard InChI is InChI=1S/C16H11ClN4O2S2/c1-21-15(22)13-11(6-7-24-13)18-16(21)25-8-12-19-20-14(23-12)9-2-4-10(17)5-3-9/h2-7H,8H2,1H3. The van der Waals surface area contributed by atoms with Crippen LogP contribution in [-0.4, -0.2) is 19.7 Å². The van der Waals surface area contributed by atoms with Crippen molar-refractivity contribution in [1.82, 2.24) is 19.7 Å². The molecule has 0 spiro atoms. The number of aromatic nitrogens is 4. The number of benzene rings is 1. The molecule has 0 bridgehead atoms. The van der Waals surface area contributed by atoms with Crippen molar-refractivity contribution < 1.29 is 4.42 Å². The molecular formula is C16H11ClN4O2S2. The second kappa shape index (κ2) is 6.62. The van der Waals surface area contributed by atoms with Crippen LogP contribution in [-0.2, 0) is 12.8 Å². The molecule has 4 aromatic rings. The van der Waals surface area contributed by atoms with Crippen LogP contribution < -0.4 is 5.56 Å². The average molecular weight is 391 g/mol. The summed E-state index contributed by atoms with van der Waals surface area (Å²) in [5.41, 5.74) is 1.47. The minimum absolute atomic E-state index is 0.0464. The Morgan fingerprint density at radius 2 is 2.04 bits per heavy atom. The minimum Gasteiger partial charge on any atom is -0.420 e. The number of hydrogen-bond donors (Lipinski definition) is 0. The Morgan fingerprint density at radius 1 is 1.24 bits per heavy atom. The van der Waals surface area contributed by atoms with Crippen LogP contribution in [0.25, 0.3) is 21.7 Å². The molecule has 0 saturated carbocycles. The summed E-state index contributed by atoms with van der Waals surface area (Å²) in [5, 5.41) is 11.2. The molecule has 6 nitrogen and oxygen atoms in total. The lowest BCUT2D eigenvalue weighted by Crippen LogP contribution is -2.18. The van der Waals surface area contributed by atoms with E-state index in [0.29, 0.717) is 37.9 Å². The van der Waals surface area contributed by atoms with E-state index in [2.05, 4.69) is 15.2 Å². The van der Waals surface area contributed by atoms with E-state index < -0.39 is 0 Å². The van der Waals surface area contributed by atoms with Gasteiger partial charge < -0.3 is 4.42 Å². The number of halogens is 1. The van der Waals surface area contributed by atoms with Crippen LogP contribution in [0.15, 0.2) is 50.1 Å². The topological polar surface area (TPSA) is 73.8 Å². The Hall–Kier alpha value is -2.16. The summed E-state index contributed by atoms with van der Waals surface area (Å²) in [6, 6.07) is 9.03. The molecule has 126 valence electrons. The molecule has 0 fully saturated rings. The molecule has 0 aliphatic carbocycles. The van der Waals surface area contributed by atoms with Gasteiger partial charge in [0.2, 0.25) is 11.8 Å². The van der Waals surface area contributed by atoms with Gasteiger partial charge in [-0.05, 0) is 35.7 Å². The number of thiophene rings is 1. The molecule has 1 aromatic carbocycles. The fourth-order valence-electron chi connectivity index (χ4n) is 2.24. The lowest BCUT2D eigenvalue weighted by Gasteiger charge is -2.05. The smallest absolute Gasteiger partial charge is 0.271 e. The summed E-state index contributed by atoms with van der Waals surface area (Å²) in [7, 11) is 1.71. The van der Waals surface area contributed by atoms with Gasteiger partial charge in [0.05, 0.1) is 11.3 Å². The van der Waals surface area contributed by atoms with Gasteiger partial charge >= 0.3 is 0 Å². The first-order valence-electron chi connectivity index (χ1n) is 7.27. The van der Waals surface area contributed by atoms with Crippen molar-refractivity contribution in [3.63, 3.8) is 0 Å². The molecule has 0 amide bonds. The van der Waals surface area contributed by atoms with E-state index in [9.17, 15) is 4.79 Å². The Kier molecular flexibility index (Phi) is 4.32. The van der Waals surface area contributed by atoms with E-state index in [1.54, 1.807) is 23.7 Å².